The van der Waals surface area contributed by atoms with E-state index in [9.17, 15) is 18.0 Å². The first kappa shape index (κ1) is 15.6. The molecule has 1 atom stereocenters. The fourth-order valence-corrected chi connectivity index (χ4v) is 1.40. The minimum atomic E-state index is -4.36. The first-order valence-electron chi connectivity index (χ1n) is 5.09. The molecule has 0 aromatic heterocycles. The number of rotatable bonds is 5. The Labute approximate surface area is 98.7 Å². The molecule has 0 fully saturated rings. The molecule has 0 bridgehead atoms. The van der Waals surface area contributed by atoms with E-state index in [1.807, 2.05) is 0 Å². The lowest BCUT2D eigenvalue weighted by atomic mass is 10.1. The smallest absolute Gasteiger partial charge is 0.333 e. The molecule has 0 aromatic rings. The van der Waals surface area contributed by atoms with Gasteiger partial charge in [0.05, 0.1) is 0 Å². The highest BCUT2D eigenvalue weighted by Crippen LogP contribution is 2.19. The van der Waals surface area contributed by atoms with Gasteiger partial charge in [-0.15, -0.1) is 11.6 Å². The molecule has 0 spiro atoms. The summed E-state index contributed by atoms with van der Waals surface area (Å²) in [5, 5.41) is 0. The third-order valence-electron chi connectivity index (χ3n) is 1.92. The van der Waals surface area contributed by atoms with Crippen molar-refractivity contribution >= 4 is 17.5 Å². The number of amides is 1. The van der Waals surface area contributed by atoms with Crippen LogP contribution in [0.25, 0.3) is 0 Å². The van der Waals surface area contributed by atoms with Crippen LogP contribution in [0, 0.1) is 11.8 Å². The van der Waals surface area contributed by atoms with E-state index in [0.29, 0.717) is 0 Å². The zero-order chi connectivity index (χ0) is 12.9. The van der Waals surface area contributed by atoms with E-state index in [-0.39, 0.29) is 18.3 Å². The molecular weight excluding hydrogens is 243 g/mol. The second-order valence-corrected chi connectivity index (χ2v) is 4.59. The van der Waals surface area contributed by atoms with Crippen LogP contribution >= 0.6 is 11.6 Å². The molecule has 0 radical (unpaired) electrons. The Balaban J connectivity index is 4.60. The minimum Gasteiger partial charge on any atom is -0.333 e. The van der Waals surface area contributed by atoms with Crippen molar-refractivity contribution in [2.24, 2.45) is 11.8 Å². The quantitative estimate of drug-likeness (QED) is 0.695. The van der Waals surface area contributed by atoms with Crippen molar-refractivity contribution in [3.05, 3.63) is 0 Å². The average Bonchev–Trinajstić information content (AvgIpc) is 2.11. The molecule has 16 heavy (non-hydrogen) atoms. The molecule has 1 unspecified atom stereocenters. The lowest BCUT2D eigenvalue weighted by molar-refractivity contribution is -0.164. The van der Waals surface area contributed by atoms with E-state index >= 15 is 0 Å². The van der Waals surface area contributed by atoms with Gasteiger partial charge in [-0.2, -0.15) is 13.2 Å². The van der Waals surface area contributed by atoms with Crippen LogP contribution in [0.15, 0.2) is 0 Å². The number of nitrogens with zero attached hydrogens (tertiary/aromatic N) is 1. The molecule has 0 saturated heterocycles. The van der Waals surface area contributed by atoms with Crippen LogP contribution in [0.2, 0.25) is 0 Å². The SMILES string of the molecule is CC(C)CN(CC(F)(F)F)C(=O)C(C)CCl. The maximum absolute atomic E-state index is 12.3. The molecule has 1 amide bonds. The van der Waals surface area contributed by atoms with Gasteiger partial charge in [0, 0.05) is 18.3 Å². The predicted molar refractivity (Wildman–Crippen MR) is 57.4 cm³/mol. The lowest BCUT2D eigenvalue weighted by Crippen LogP contribution is -2.43. The van der Waals surface area contributed by atoms with Crippen molar-refractivity contribution in [2.75, 3.05) is 19.0 Å². The molecule has 6 heteroatoms. The zero-order valence-electron chi connectivity index (χ0n) is 9.64. The largest absolute Gasteiger partial charge is 0.406 e. The Hall–Kier alpha value is -0.450. The van der Waals surface area contributed by atoms with E-state index < -0.39 is 24.5 Å². The summed E-state index contributed by atoms with van der Waals surface area (Å²) in [6, 6.07) is 0. The molecule has 0 rings (SSSR count). The van der Waals surface area contributed by atoms with Crippen molar-refractivity contribution in [2.45, 2.75) is 26.9 Å². The van der Waals surface area contributed by atoms with Gasteiger partial charge >= 0.3 is 6.18 Å². The van der Waals surface area contributed by atoms with Crippen LogP contribution in [-0.4, -0.2) is 36.0 Å². The molecule has 0 heterocycles. The van der Waals surface area contributed by atoms with Crippen LogP contribution in [0.4, 0.5) is 13.2 Å². The van der Waals surface area contributed by atoms with Gasteiger partial charge in [-0.1, -0.05) is 20.8 Å². The van der Waals surface area contributed by atoms with Crippen LogP contribution < -0.4 is 0 Å². The third kappa shape index (κ3) is 6.20. The second kappa shape index (κ2) is 6.33. The minimum absolute atomic E-state index is 0.00572. The fourth-order valence-electron chi connectivity index (χ4n) is 1.27. The van der Waals surface area contributed by atoms with Crippen molar-refractivity contribution < 1.29 is 18.0 Å². The number of hydrogen-bond donors (Lipinski definition) is 0. The Kier molecular flexibility index (Phi) is 6.15. The first-order chi connectivity index (χ1) is 7.17. The van der Waals surface area contributed by atoms with Gasteiger partial charge in [0.1, 0.15) is 6.54 Å². The molecule has 0 N–H and O–H groups in total. The standard InChI is InChI=1S/C10H17ClF3NO/c1-7(2)5-15(6-10(12,13)14)9(16)8(3)4-11/h7-8H,4-6H2,1-3H3. The molecule has 0 aliphatic rings. The van der Waals surface area contributed by atoms with Gasteiger partial charge in [-0.3, -0.25) is 4.79 Å². The number of carbonyl (C=O) groups is 1. The van der Waals surface area contributed by atoms with Crippen LogP contribution in [-0.2, 0) is 4.79 Å². The van der Waals surface area contributed by atoms with Crippen LogP contribution in [0.5, 0.6) is 0 Å². The molecule has 96 valence electrons. The summed E-state index contributed by atoms with van der Waals surface area (Å²) < 4.78 is 36.8. The first-order valence-corrected chi connectivity index (χ1v) is 5.62. The summed E-state index contributed by atoms with van der Waals surface area (Å²) >= 11 is 5.47. The maximum atomic E-state index is 12.3. The van der Waals surface area contributed by atoms with Gasteiger partial charge in [0.25, 0.3) is 0 Å². The van der Waals surface area contributed by atoms with E-state index in [0.717, 1.165) is 4.90 Å². The van der Waals surface area contributed by atoms with Gasteiger partial charge in [-0.05, 0) is 5.92 Å². The average molecular weight is 260 g/mol. The zero-order valence-corrected chi connectivity index (χ0v) is 10.4. The summed E-state index contributed by atoms with van der Waals surface area (Å²) in [6.07, 6.45) is -4.36. The van der Waals surface area contributed by atoms with E-state index in [2.05, 4.69) is 0 Å². The Morgan fingerprint density at radius 3 is 2.12 bits per heavy atom. The van der Waals surface area contributed by atoms with E-state index in [1.54, 1.807) is 13.8 Å². The lowest BCUT2D eigenvalue weighted by Gasteiger charge is -2.27. The van der Waals surface area contributed by atoms with Gasteiger partial charge in [-0.25, -0.2) is 0 Å². The van der Waals surface area contributed by atoms with E-state index in [1.165, 1.54) is 6.92 Å². The third-order valence-corrected chi connectivity index (χ3v) is 2.38. The Morgan fingerprint density at radius 1 is 1.31 bits per heavy atom. The van der Waals surface area contributed by atoms with E-state index in [4.69, 9.17) is 11.6 Å². The Morgan fingerprint density at radius 2 is 1.81 bits per heavy atom. The van der Waals surface area contributed by atoms with Crippen LogP contribution in [0.3, 0.4) is 0 Å². The highest BCUT2D eigenvalue weighted by atomic mass is 35.5. The summed E-state index contributed by atoms with van der Waals surface area (Å²) in [7, 11) is 0. The van der Waals surface area contributed by atoms with Crippen molar-refractivity contribution in [1.29, 1.82) is 0 Å². The summed E-state index contributed by atoms with van der Waals surface area (Å²) in [5.74, 6) is -1.09. The molecule has 0 aromatic carbocycles. The predicted octanol–water partition coefficient (Wildman–Crippen LogP) is 2.91. The normalized spacial score (nSPS) is 14.0. The van der Waals surface area contributed by atoms with Gasteiger partial charge in [0.15, 0.2) is 0 Å². The molecular formula is C10H17ClF3NO. The molecule has 0 aliphatic carbocycles. The number of hydrogen-bond acceptors (Lipinski definition) is 1. The number of carbonyl (C=O) groups excluding carboxylic acids is 1. The van der Waals surface area contributed by atoms with Crippen molar-refractivity contribution in [1.82, 2.24) is 4.90 Å². The Bertz CT molecular complexity index is 231. The highest BCUT2D eigenvalue weighted by Gasteiger charge is 2.34. The number of alkyl halides is 4. The number of halogens is 4. The summed E-state index contributed by atoms with van der Waals surface area (Å²) in [5.41, 5.74) is 0. The van der Waals surface area contributed by atoms with Crippen LogP contribution in [0.1, 0.15) is 20.8 Å². The summed E-state index contributed by atoms with van der Waals surface area (Å²) in [4.78, 5) is 12.5. The maximum Gasteiger partial charge on any atom is 0.406 e. The topological polar surface area (TPSA) is 20.3 Å². The fraction of sp³-hybridized carbons (Fsp3) is 0.900. The summed E-state index contributed by atoms with van der Waals surface area (Å²) in [6.45, 7) is 3.95. The molecule has 0 saturated carbocycles. The molecule has 0 aliphatic heterocycles. The van der Waals surface area contributed by atoms with Crippen molar-refractivity contribution in [3.63, 3.8) is 0 Å². The van der Waals surface area contributed by atoms with Gasteiger partial charge < -0.3 is 4.90 Å². The van der Waals surface area contributed by atoms with Gasteiger partial charge in [0.2, 0.25) is 5.91 Å². The van der Waals surface area contributed by atoms with Crippen molar-refractivity contribution in [3.8, 4) is 0 Å². The second-order valence-electron chi connectivity index (χ2n) is 4.28. The highest BCUT2D eigenvalue weighted by molar-refractivity contribution is 6.19. The molecule has 2 nitrogen and oxygen atoms in total. The monoisotopic (exact) mass is 259 g/mol.